The van der Waals surface area contributed by atoms with Crippen molar-refractivity contribution in [3.63, 3.8) is 0 Å². The highest BCUT2D eigenvalue weighted by atomic mass is 35.5. The zero-order valence-corrected chi connectivity index (χ0v) is 9.29. The van der Waals surface area contributed by atoms with Crippen molar-refractivity contribution in [1.82, 2.24) is 5.32 Å². The molecule has 1 aliphatic rings. The van der Waals surface area contributed by atoms with Crippen molar-refractivity contribution in [1.29, 1.82) is 5.26 Å². The Morgan fingerprint density at radius 1 is 1.64 bits per heavy atom. The summed E-state index contributed by atoms with van der Waals surface area (Å²) in [5, 5.41) is 12.4. The lowest BCUT2D eigenvalue weighted by Crippen LogP contribution is -2.39. The van der Waals surface area contributed by atoms with E-state index >= 15 is 0 Å². The predicted octanol–water partition coefficient (Wildman–Crippen LogP) is 2.59. The maximum absolute atomic E-state index is 9.14. The van der Waals surface area contributed by atoms with Crippen molar-refractivity contribution in [3.8, 4) is 6.07 Å². The van der Waals surface area contributed by atoms with Gasteiger partial charge in [0.25, 0.3) is 0 Å². The molecule has 2 heterocycles. The maximum Gasteiger partial charge on any atom is 0.111 e. The molecule has 1 unspecified atom stereocenters. The fourth-order valence-corrected chi connectivity index (χ4v) is 3.04. The van der Waals surface area contributed by atoms with Crippen LogP contribution in [0.4, 0.5) is 0 Å². The number of hydrogen-bond acceptors (Lipinski definition) is 3. The second-order valence-corrected chi connectivity index (χ2v) is 5.41. The zero-order valence-electron chi connectivity index (χ0n) is 7.72. The lowest BCUT2D eigenvalue weighted by atomic mass is 9.94. The van der Waals surface area contributed by atoms with E-state index in [1.165, 1.54) is 4.88 Å². The van der Waals surface area contributed by atoms with Crippen LogP contribution in [-0.2, 0) is 6.42 Å². The van der Waals surface area contributed by atoms with Crippen LogP contribution in [0.5, 0.6) is 0 Å². The average molecular weight is 227 g/mol. The Balaban J connectivity index is 2.13. The molecule has 0 aromatic carbocycles. The fourth-order valence-electron chi connectivity index (χ4n) is 1.84. The van der Waals surface area contributed by atoms with Gasteiger partial charge in [-0.25, -0.2) is 0 Å². The van der Waals surface area contributed by atoms with Crippen molar-refractivity contribution >= 4 is 22.9 Å². The summed E-state index contributed by atoms with van der Waals surface area (Å²) in [6.45, 7) is 0.951. The maximum atomic E-state index is 9.14. The Kier molecular flexibility index (Phi) is 2.78. The third kappa shape index (κ3) is 1.93. The molecule has 0 bridgehead atoms. The van der Waals surface area contributed by atoms with Gasteiger partial charge < -0.3 is 0 Å². The molecular formula is C10H11ClN2S. The molecule has 14 heavy (non-hydrogen) atoms. The van der Waals surface area contributed by atoms with Gasteiger partial charge in [-0.05, 0) is 31.5 Å². The van der Waals surface area contributed by atoms with Gasteiger partial charge in [-0.1, -0.05) is 11.6 Å². The highest BCUT2D eigenvalue weighted by Gasteiger charge is 2.33. The first-order valence-electron chi connectivity index (χ1n) is 4.65. The quantitative estimate of drug-likeness (QED) is 0.842. The van der Waals surface area contributed by atoms with Gasteiger partial charge in [0.15, 0.2) is 0 Å². The summed E-state index contributed by atoms with van der Waals surface area (Å²) >= 11 is 7.41. The Bertz CT molecular complexity index is 360. The van der Waals surface area contributed by atoms with Crippen LogP contribution in [-0.4, -0.2) is 12.1 Å². The lowest BCUT2D eigenvalue weighted by Gasteiger charge is -2.19. The van der Waals surface area contributed by atoms with Crippen LogP contribution in [0, 0.1) is 11.3 Å². The van der Waals surface area contributed by atoms with Crippen LogP contribution in [0.25, 0.3) is 0 Å². The minimum atomic E-state index is -0.339. The molecule has 1 N–H and O–H groups in total. The second-order valence-electron chi connectivity index (χ2n) is 3.61. The van der Waals surface area contributed by atoms with E-state index in [2.05, 4.69) is 11.4 Å². The fraction of sp³-hybridized carbons (Fsp3) is 0.500. The van der Waals surface area contributed by atoms with Crippen LogP contribution in [0.3, 0.4) is 0 Å². The summed E-state index contributed by atoms with van der Waals surface area (Å²) in [5.41, 5.74) is -0.339. The normalized spacial score (nSPS) is 26.3. The molecule has 4 heteroatoms. The molecule has 1 atom stereocenters. The largest absolute Gasteiger partial charge is 0.299 e. The van der Waals surface area contributed by atoms with Crippen molar-refractivity contribution in [2.45, 2.75) is 24.8 Å². The van der Waals surface area contributed by atoms with Crippen molar-refractivity contribution in [2.75, 3.05) is 6.54 Å². The summed E-state index contributed by atoms with van der Waals surface area (Å²) in [5.74, 6) is 0. The van der Waals surface area contributed by atoms with E-state index in [1.54, 1.807) is 11.3 Å². The van der Waals surface area contributed by atoms with Gasteiger partial charge in [0.05, 0.1) is 10.4 Å². The number of rotatable bonds is 2. The van der Waals surface area contributed by atoms with Gasteiger partial charge in [0.1, 0.15) is 5.54 Å². The van der Waals surface area contributed by atoms with E-state index in [0.717, 1.165) is 30.1 Å². The SMILES string of the molecule is N#CC1(Cc2ccc(Cl)s2)CCCN1. The van der Waals surface area contributed by atoms with Crippen LogP contribution in [0.2, 0.25) is 4.34 Å². The third-order valence-corrected chi connectivity index (χ3v) is 3.79. The molecule has 1 fully saturated rings. The van der Waals surface area contributed by atoms with Gasteiger partial charge in [-0.15, -0.1) is 11.3 Å². The Morgan fingerprint density at radius 3 is 3.00 bits per heavy atom. The molecule has 2 rings (SSSR count). The highest BCUT2D eigenvalue weighted by molar-refractivity contribution is 7.16. The van der Waals surface area contributed by atoms with Gasteiger partial charge in [0.2, 0.25) is 0 Å². The minimum Gasteiger partial charge on any atom is -0.299 e. The molecule has 0 saturated carbocycles. The first kappa shape index (κ1) is 9.97. The number of thiophene rings is 1. The standard InChI is InChI=1S/C10H11ClN2S/c11-9-3-2-8(14-9)6-10(7-12)4-1-5-13-10/h2-3,13H,1,4-6H2. The smallest absolute Gasteiger partial charge is 0.111 e. The Morgan fingerprint density at radius 2 is 2.50 bits per heavy atom. The van der Waals surface area contributed by atoms with Gasteiger partial charge >= 0.3 is 0 Å². The topological polar surface area (TPSA) is 35.8 Å². The van der Waals surface area contributed by atoms with Crippen LogP contribution in [0.1, 0.15) is 17.7 Å². The van der Waals surface area contributed by atoms with Crippen molar-refractivity contribution in [3.05, 3.63) is 21.3 Å². The molecule has 0 spiro atoms. The zero-order chi connectivity index (χ0) is 10.0. The van der Waals surface area contributed by atoms with E-state index in [1.807, 2.05) is 12.1 Å². The van der Waals surface area contributed by atoms with E-state index in [0.29, 0.717) is 0 Å². The summed E-state index contributed by atoms with van der Waals surface area (Å²) in [7, 11) is 0. The van der Waals surface area contributed by atoms with Gasteiger partial charge in [0, 0.05) is 11.3 Å². The minimum absolute atomic E-state index is 0.339. The van der Waals surface area contributed by atoms with E-state index in [-0.39, 0.29) is 5.54 Å². The summed E-state index contributed by atoms with van der Waals surface area (Å²) in [4.78, 5) is 1.19. The van der Waals surface area contributed by atoms with Crippen molar-refractivity contribution in [2.24, 2.45) is 0 Å². The molecule has 1 aromatic heterocycles. The van der Waals surface area contributed by atoms with Crippen LogP contribution in [0.15, 0.2) is 12.1 Å². The molecule has 0 aliphatic carbocycles. The molecule has 1 aromatic rings. The molecule has 0 amide bonds. The lowest BCUT2D eigenvalue weighted by molar-refractivity contribution is 0.484. The van der Waals surface area contributed by atoms with E-state index < -0.39 is 0 Å². The van der Waals surface area contributed by atoms with Crippen LogP contribution < -0.4 is 5.32 Å². The predicted molar refractivity (Wildman–Crippen MR) is 58.6 cm³/mol. The molecule has 2 nitrogen and oxygen atoms in total. The Labute approximate surface area is 92.5 Å². The van der Waals surface area contributed by atoms with Crippen molar-refractivity contribution < 1.29 is 0 Å². The Hall–Kier alpha value is -0.560. The first-order valence-corrected chi connectivity index (χ1v) is 5.84. The second kappa shape index (κ2) is 3.90. The number of nitriles is 1. The number of nitrogens with one attached hydrogen (secondary N) is 1. The summed E-state index contributed by atoms with van der Waals surface area (Å²) in [6.07, 6.45) is 2.81. The molecule has 0 radical (unpaired) electrons. The van der Waals surface area contributed by atoms with Gasteiger partial charge in [-0.3, -0.25) is 5.32 Å². The number of hydrogen-bond donors (Lipinski definition) is 1. The monoisotopic (exact) mass is 226 g/mol. The number of halogens is 1. The van der Waals surface area contributed by atoms with E-state index in [4.69, 9.17) is 16.9 Å². The summed E-state index contributed by atoms with van der Waals surface area (Å²) < 4.78 is 0.797. The number of nitrogens with zero attached hydrogens (tertiary/aromatic N) is 1. The molecule has 1 aliphatic heterocycles. The van der Waals surface area contributed by atoms with E-state index in [9.17, 15) is 0 Å². The first-order chi connectivity index (χ1) is 6.74. The molecular weight excluding hydrogens is 216 g/mol. The average Bonchev–Trinajstić information content (AvgIpc) is 2.77. The molecule has 1 saturated heterocycles. The molecule has 74 valence electrons. The summed E-state index contributed by atoms with van der Waals surface area (Å²) in [6, 6.07) is 6.28. The van der Waals surface area contributed by atoms with Crippen LogP contribution >= 0.6 is 22.9 Å². The highest BCUT2D eigenvalue weighted by Crippen LogP contribution is 2.29. The third-order valence-electron chi connectivity index (χ3n) is 2.56. The van der Waals surface area contributed by atoms with Gasteiger partial charge in [-0.2, -0.15) is 5.26 Å².